The van der Waals surface area contributed by atoms with E-state index in [1.807, 2.05) is 39.5 Å². The molecule has 2 rings (SSSR count). The summed E-state index contributed by atoms with van der Waals surface area (Å²) in [5, 5.41) is 10.6. The van der Waals surface area contributed by atoms with E-state index in [1.165, 1.54) is 0 Å². The quantitative estimate of drug-likeness (QED) is 0.899. The molecule has 1 unspecified atom stereocenters. The molecule has 0 bridgehead atoms. The van der Waals surface area contributed by atoms with E-state index in [4.69, 9.17) is 4.74 Å². The van der Waals surface area contributed by atoms with Crippen molar-refractivity contribution in [2.45, 2.75) is 65.5 Å². The lowest BCUT2D eigenvalue weighted by Crippen LogP contribution is -2.48. The Morgan fingerprint density at radius 2 is 2.14 bits per heavy atom. The van der Waals surface area contributed by atoms with Crippen molar-refractivity contribution >= 4 is 11.8 Å². The van der Waals surface area contributed by atoms with Crippen molar-refractivity contribution in [3.8, 4) is 0 Å². The van der Waals surface area contributed by atoms with Gasteiger partial charge in [-0.2, -0.15) is 5.10 Å². The summed E-state index contributed by atoms with van der Waals surface area (Å²) < 4.78 is 5.53. The highest BCUT2D eigenvalue weighted by Gasteiger charge is 2.30. The molecule has 1 aliphatic heterocycles. The van der Waals surface area contributed by atoms with Crippen LogP contribution in [0.4, 0.5) is 10.5 Å². The molecule has 124 valence electrons. The predicted octanol–water partition coefficient (Wildman–Crippen LogP) is 3.23. The summed E-state index contributed by atoms with van der Waals surface area (Å²) in [5.74, 6) is 0. The van der Waals surface area contributed by atoms with Crippen LogP contribution < -0.4 is 5.32 Å². The van der Waals surface area contributed by atoms with Gasteiger partial charge < -0.3 is 15.0 Å². The summed E-state index contributed by atoms with van der Waals surface area (Å²) in [5.41, 5.74) is 2.56. The normalized spacial score (nSPS) is 19.1. The van der Waals surface area contributed by atoms with Crippen LogP contribution in [-0.4, -0.2) is 45.9 Å². The molecule has 2 N–H and O–H groups in total. The van der Waals surface area contributed by atoms with Crippen LogP contribution in [0.15, 0.2) is 0 Å². The van der Waals surface area contributed by atoms with E-state index in [2.05, 4.69) is 15.5 Å². The van der Waals surface area contributed by atoms with E-state index >= 15 is 0 Å². The molecule has 22 heavy (non-hydrogen) atoms. The second-order valence-corrected chi connectivity index (χ2v) is 7.01. The van der Waals surface area contributed by atoms with Crippen LogP contribution in [0.1, 0.15) is 51.4 Å². The standard InChI is InChI=1S/C16H28N4O2/c1-11-14(12(2)19-18-11)17-10-13-8-6-7-9-20(13)15(21)22-16(3,4)5/h13,17H,6-10H2,1-5H3,(H,18,19). The van der Waals surface area contributed by atoms with Crippen molar-refractivity contribution < 1.29 is 9.53 Å². The second-order valence-electron chi connectivity index (χ2n) is 7.01. The molecular weight excluding hydrogens is 280 g/mol. The van der Waals surface area contributed by atoms with E-state index in [1.54, 1.807) is 0 Å². The molecule has 0 aromatic carbocycles. The van der Waals surface area contributed by atoms with Crippen LogP contribution in [0.25, 0.3) is 0 Å². The number of piperidine rings is 1. The van der Waals surface area contributed by atoms with Gasteiger partial charge in [-0.05, 0) is 53.9 Å². The molecule has 1 atom stereocenters. The molecule has 6 heteroatoms. The van der Waals surface area contributed by atoms with Crippen molar-refractivity contribution in [1.82, 2.24) is 15.1 Å². The fourth-order valence-corrected chi connectivity index (χ4v) is 2.80. The molecular formula is C16H28N4O2. The summed E-state index contributed by atoms with van der Waals surface area (Å²) >= 11 is 0. The number of hydrogen-bond acceptors (Lipinski definition) is 4. The number of ether oxygens (including phenoxy) is 1. The maximum absolute atomic E-state index is 12.4. The molecule has 0 spiro atoms. The lowest BCUT2D eigenvalue weighted by Gasteiger charge is -2.37. The number of likely N-dealkylation sites (tertiary alicyclic amines) is 1. The molecule has 0 aliphatic carbocycles. The number of hydrogen-bond donors (Lipinski definition) is 2. The SMILES string of the molecule is Cc1n[nH]c(C)c1NCC1CCCCN1C(=O)OC(C)(C)C. The van der Waals surface area contributed by atoms with Gasteiger partial charge in [-0.3, -0.25) is 5.10 Å². The van der Waals surface area contributed by atoms with Crippen molar-refractivity contribution in [2.75, 3.05) is 18.4 Å². The lowest BCUT2D eigenvalue weighted by molar-refractivity contribution is 0.0114. The van der Waals surface area contributed by atoms with Crippen molar-refractivity contribution in [1.29, 1.82) is 0 Å². The zero-order valence-corrected chi connectivity index (χ0v) is 14.3. The number of amides is 1. The number of carbonyl (C=O) groups excluding carboxylic acids is 1. The minimum Gasteiger partial charge on any atom is -0.444 e. The highest BCUT2D eigenvalue weighted by atomic mass is 16.6. The van der Waals surface area contributed by atoms with Crippen LogP contribution in [0.5, 0.6) is 0 Å². The Bertz CT molecular complexity index is 499. The highest BCUT2D eigenvalue weighted by molar-refractivity contribution is 5.69. The van der Waals surface area contributed by atoms with Gasteiger partial charge in [0, 0.05) is 13.1 Å². The first-order chi connectivity index (χ1) is 10.3. The molecule has 1 amide bonds. The third kappa shape index (κ3) is 4.15. The lowest BCUT2D eigenvalue weighted by atomic mass is 10.0. The van der Waals surface area contributed by atoms with E-state index < -0.39 is 5.60 Å². The van der Waals surface area contributed by atoms with Gasteiger partial charge in [-0.15, -0.1) is 0 Å². The molecule has 1 saturated heterocycles. The van der Waals surface area contributed by atoms with Crippen molar-refractivity contribution in [3.05, 3.63) is 11.4 Å². The zero-order chi connectivity index (χ0) is 16.3. The van der Waals surface area contributed by atoms with Gasteiger partial charge in [0.25, 0.3) is 0 Å². The van der Waals surface area contributed by atoms with Gasteiger partial charge in [0.2, 0.25) is 0 Å². The second kappa shape index (κ2) is 6.58. The Hall–Kier alpha value is -1.72. The molecule has 6 nitrogen and oxygen atoms in total. The maximum atomic E-state index is 12.4. The molecule has 0 radical (unpaired) electrons. The Labute approximate surface area is 132 Å². The fraction of sp³-hybridized carbons (Fsp3) is 0.750. The molecule has 2 heterocycles. The zero-order valence-electron chi connectivity index (χ0n) is 14.3. The molecule has 1 aromatic rings. The number of rotatable bonds is 3. The summed E-state index contributed by atoms with van der Waals surface area (Å²) in [7, 11) is 0. The number of nitrogens with zero attached hydrogens (tertiary/aromatic N) is 2. The maximum Gasteiger partial charge on any atom is 0.410 e. The molecule has 1 fully saturated rings. The van der Waals surface area contributed by atoms with Crippen LogP contribution >= 0.6 is 0 Å². The first kappa shape index (κ1) is 16.6. The van der Waals surface area contributed by atoms with E-state index in [-0.39, 0.29) is 12.1 Å². The Morgan fingerprint density at radius 3 is 2.73 bits per heavy atom. The minimum atomic E-state index is -0.454. The van der Waals surface area contributed by atoms with Crippen molar-refractivity contribution in [3.63, 3.8) is 0 Å². The monoisotopic (exact) mass is 308 g/mol. The third-order valence-electron chi connectivity index (χ3n) is 3.90. The number of aromatic amines is 1. The predicted molar refractivity (Wildman–Crippen MR) is 87.1 cm³/mol. The van der Waals surface area contributed by atoms with Gasteiger partial charge in [0.05, 0.1) is 23.1 Å². The highest BCUT2D eigenvalue weighted by Crippen LogP contribution is 2.22. The largest absolute Gasteiger partial charge is 0.444 e. The van der Waals surface area contributed by atoms with E-state index in [9.17, 15) is 4.79 Å². The van der Waals surface area contributed by atoms with Gasteiger partial charge in [-0.1, -0.05) is 0 Å². The first-order valence-corrected chi connectivity index (χ1v) is 8.03. The molecule has 1 aromatic heterocycles. The van der Waals surface area contributed by atoms with Gasteiger partial charge in [0.15, 0.2) is 0 Å². The summed E-state index contributed by atoms with van der Waals surface area (Å²) in [6.07, 6.45) is 2.98. The first-order valence-electron chi connectivity index (χ1n) is 8.03. The van der Waals surface area contributed by atoms with Crippen LogP contribution in [0.3, 0.4) is 0 Å². The van der Waals surface area contributed by atoms with Crippen LogP contribution in [-0.2, 0) is 4.74 Å². The number of carbonyl (C=O) groups is 1. The Kier molecular flexibility index (Phi) is 4.98. The molecule has 1 aliphatic rings. The van der Waals surface area contributed by atoms with Gasteiger partial charge in [-0.25, -0.2) is 4.79 Å². The number of aromatic nitrogens is 2. The minimum absolute atomic E-state index is 0.164. The topological polar surface area (TPSA) is 70.2 Å². The number of H-pyrrole nitrogens is 1. The third-order valence-corrected chi connectivity index (χ3v) is 3.90. The fourth-order valence-electron chi connectivity index (χ4n) is 2.80. The summed E-state index contributed by atoms with van der Waals surface area (Å²) in [4.78, 5) is 14.2. The van der Waals surface area contributed by atoms with Gasteiger partial charge in [0.1, 0.15) is 5.60 Å². The average Bonchev–Trinajstić information content (AvgIpc) is 2.74. The van der Waals surface area contributed by atoms with E-state index in [0.29, 0.717) is 0 Å². The number of nitrogens with one attached hydrogen (secondary N) is 2. The number of anilines is 1. The van der Waals surface area contributed by atoms with Crippen molar-refractivity contribution in [2.24, 2.45) is 0 Å². The summed E-state index contributed by atoms with van der Waals surface area (Å²) in [6, 6.07) is 0.164. The summed E-state index contributed by atoms with van der Waals surface area (Å²) in [6.45, 7) is 11.2. The van der Waals surface area contributed by atoms with Crippen LogP contribution in [0, 0.1) is 13.8 Å². The Morgan fingerprint density at radius 1 is 1.41 bits per heavy atom. The average molecular weight is 308 g/mol. The van der Waals surface area contributed by atoms with E-state index in [0.717, 1.165) is 49.4 Å². The number of aryl methyl sites for hydroxylation is 2. The van der Waals surface area contributed by atoms with Gasteiger partial charge >= 0.3 is 6.09 Å². The Balaban J connectivity index is 1.99. The van der Waals surface area contributed by atoms with Crippen LogP contribution in [0.2, 0.25) is 0 Å². The molecule has 0 saturated carbocycles. The smallest absolute Gasteiger partial charge is 0.410 e.